The number of hydrogen-bond acceptors (Lipinski definition) is 2. The Hall–Kier alpha value is -1.55. The zero-order valence-electron chi connectivity index (χ0n) is 8.52. The van der Waals surface area contributed by atoms with Crippen LogP contribution in [0.2, 0.25) is 0 Å². The van der Waals surface area contributed by atoms with Gasteiger partial charge in [0.25, 0.3) is 0 Å². The fraction of sp³-hybridized carbons (Fsp3) is 0.364. The predicted octanol–water partition coefficient (Wildman–Crippen LogP) is 1.21. The first-order chi connectivity index (χ1) is 7.18. The first-order valence-corrected chi connectivity index (χ1v) is 4.95. The van der Waals surface area contributed by atoms with Gasteiger partial charge in [-0.05, 0) is 18.4 Å². The van der Waals surface area contributed by atoms with E-state index >= 15 is 0 Å². The standard InChI is InChI=1S/C11H16N2O2/c12-10(8-13-11(14)15)7-6-9-4-2-1-3-5-9/h1-5,10,13H,6-8,12H2,(H,14,15). The summed E-state index contributed by atoms with van der Waals surface area (Å²) in [5.74, 6) is 0. The Morgan fingerprint density at radius 1 is 1.40 bits per heavy atom. The summed E-state index contributed by atoms with van der Waals surface area (Å²) in [6, 6.07) is 9.89. The highest BCUT2D eigenvalue weighted by molar-refractivity contribution is 5.64. The molecular formula is C11H16N2O2. The zero-order valence-corrected chi connectivity index (χ0v) is 8.52. The number of aryl methyl sites for hydroxylation is 1. The molecule has 0 aliphatic carbocycles. The minimum atomic E-state index is -1.02. The highest BCUT2D eigenvalue weighted by Crippen LogP contribution is 2.03. The van der Waals surface area contributed by atoms with Gasteiger partial charge in [0.05, 0.1) is 0 Å². The van der Waals surface area contributed by atoms with Crippen LogP contribution in [0.1, 0.15) is 12.0 Å². The molecule has 0 saturated carbocycles. The van der Waals surface area contributed by atoms with Crippen LogP contribution >= 0.6 is 0 Å². The van der Waals surface area contributed by atoms with E-state index in [1.165, 1.54) is 5.56 Å². The van der Waals surface area contributed by atoms with Crippen molar-refractivity contribution in [1.82, 2.24) is 5.32 Å². The van der Waals surface area contributed by atoms with Gasteiger partial charge in [0, 0.05) is 12.6 Å². The Balaban J connectivity index is 2.22. The molecule has 0 aliphatic rings. The molecule has 0 heterocycles. The van der Waals surface area contributed by atoms with Crippen LogP contribution in [0.5, 0.6) is 0 Å². The van der Waals surface area contributed by atoms with Crippen molar-refractivity contribution < 1.29 is 9.90 Å². The quantitative estimate of drug-likeness (QED) is 0.681. The van der Waals surface area contributed by atoms with E-state index in [-0.39, 0.29) is 6.04 Å². The lowest BCUT2D eigenvalue weighted by molar-refractivity contribution is 0.193. The summed E-state index contributed by atoms with van der Waals surface area (Å²) in [6.45, 7) is 0.308. The van der Waals surface area contributed by atoms with Crippen molar-refractivity contribution in [1.29, 1.82) is 0 Å². The lowest BCUT2D eigenvalue weighted by Crippen LogP contribution is -2.36. The van der Waals surface area contributed by atoms with E-state index < -0.39 is 6.09 Å². The third-order valence-electron chi connectivity index (χ3n) is 2.16. The van der Waals surface area contributed by atoms with Crippen molar-refractivity contribution in [2.75, 3.05) is 6.54 Å². The van der Waals surface area contributed by atoms with Crippen molar-refractivity contribution in [3.05, 3.63) is 35.9 Å². The van der Waals surface area contributed by atoms with Crippen molar-refractivity contribution in [2.24, 2.45) is 5.73 Å². The second-order valence-corrected chi connectivity index (χ2v) is 3.47. The van der Waals surface area contributed by atoms with Gasteiger partial charge in [-0.25, -0.2) is 4.79 Å². The molecule has 82 valence electrons. The molecule has 15 heavy (non-hydrogen) atoms. The summed E-state index contributed by atoms with van der Waals surface area (Å²) < 4.78 is 0. The molecule has 1 rings (SSSR count). The number of amides is 1. The third-order valence-corrected chi connectivity index (χ3v) is 2.16. The van der Waals surface area contributed by atoms with Gasteiger partial charge < -0.3 is 16.2 Å². The van der Waals surface area contributed by atoms with Gasteiger partial charge in [0.15, 0.2) is 0 Å². The number of nitrogens with two attached hydrogens (primary N) is 1. The van der Waals surface area contributed by atoms with Crippen molar-refractivity contribution >= 4 is 6.09 Å². The van der Waals surface area contributed by atoms with E-state index in [1.807, 2.05) is 30.3 Å². The molecule has 0 radical (unpaired) electrons. The van der Waals surface area contributed by atoms with Crippen LogP contribution in [0.15, 0.2) is 30.3 Å². The van der Waals surface area contributed by atoms with E-state index in [2.05, 4.69) is 5.32 Å². The normalized spacial score (nSPS) is 12.1. The maximum atomic E-state index is 10.2. The molecule has 1 aromatic rings. The molecule has 0 spiro atoms. The average molecular weight is 208 g/mol. The smallest absolute Gasteiger partial charge is 0.404 e. The molecule has 1 amide bonds. The second kappa shape index (κ2) is 6.03. The minimum Gasteiger partial charge on any atom is -0.465 e. The first-order valence-electron chi connectivity index (χ1n) is 4.95. The van der Waals surface area contributed by atoms with E-state index in [4.69, 9.17) is 10.8 Å². The summed E-state index contributed by atoms with van der Waals surface area (Å²) in [7, 11) is 0. The van der Waals surface area contributed by atoms with Crippen LogP contribution in [0.3, 0.4) is 0 Å². The zero-order chi connectivity index (χ0) is 11.1. The fourth-order valence-corrected chi connectivity index (χ4v) is 1.32. The summed E-state index contributed by atoms with van der Waals surface area (Å²) in [5, 5.41) is 10.7. The Bertz CT molecular complexity index is 301. The maximum Gasteiger partial charge on any atom is 0.404 e. The maximum absolute atomic E-state index is 10.2. The van der Waals surface area contributed by atoms with E-state index in [9.17, 15) is 4.79 Å². The Morgan fingerprint density at radius 2 is 2.07 bits per heavy atom. The minimum absolute atomic E-state index is 0.124. The predicted molar refractivity (Wildman–Crippen MR) is 58.8 cm³/mol. The summed E-state index contributed by atoms with van der Waals surface area (Å²) in [5.41, 5.74) is 6.97. The number of benzene rings is 1. The fourth-order valence-electron chi connectivity index (χ4n) is 1.32. The molecule has 4 heteroatoms. The summed E-state index contributed by atoms with van der Waals surface area (Å²) >= 11 is 0. The monoisotopic (exact) mass is 208 g/mol. The van der Waals surface area contributed by atoms with E-state index in [1.54, 1.807) is 0 Å². The van der Waals surface area contributed by atoms with Crippen LogP contribution in [0.4, 0.5) is 4.79 Å². The SMILES string of the molecule is NC(CCc1ccccc1)CNC(=O)O. The van der Waals surface area contributed by atoms with E-state index in [0.717, 1.165) is 12.8 Å². The van der Waals surface area contributed by atoms with Gasteiger partial charge in [0.1, 0.15) is 0 Å². The lowest BCUT2D eigenvalue weighted by Gasteiger charge is -2.10. The van der Waals surface area contributed by atoms with Crippen LogP contribution in [-0.4, -0.2) is 23.8 Å². The molecular weight excluding hydrogens is 192 g/mol. The summed E-state index contributed by atoms with van der Waals surface area (Å²) in [6.07, 6.45) is 0.637. The number of carboxylic acid groups (broad SMARTS) is 1. The van der Waals surface area contributed by atoms with Crippen LogP contribution in [-0.2, 0) is 6.42 Å². The molecule has 0 aromatic heterocycles. The molecule has 1 unspecified atom stereocenters. The third kappa shape index (κ3) is 5.02. The van der Waals surface area contributed by atoms with Gasteiger partial charge in [-0.1, -0.05) is 30.3 Å². The molecule has 4 nitrogen and oxygen atoms in total. The van der Waals surface area contributed by atoms with Gasteiger partial charge in [0.2, 0.25) is 0 Å². The number of rotatable bonds is 5. The van der Waals surface area contributed by atoms with Crippen molar-refractivity contribution in [3.8, 4) is 0 Å². The van der Waals surface area contributed by atoms with Gasteiger partial charge in [-0.15, -0.1) is 0 Å². The molecule has 0 aliphatic heterocycles. The highest BCUT2D eigenvalue weighted by Gasteiger charge is 2.04. The molecule has 0 fully saturated rings. The van der Waals surface area contributed by atoms with Crippen LogP contribution in [0.25, 0.3) is 0 Å². The largest absolute Gasteiger partial charge is 0.465 e. The average Bonchev–Trinajstić information content (AvgIpc) is 2.25. The van der Waals surface area contributed by atoms with Crippen LogP contribution < -0.4 is 11.1 Å². The van der Waals surface area contributed by atoms with Gasteiger partial charge >= 0.3 is 6.09 Å². The van der Waals surface area contributed by atoms with Crippen molar-refractivity contribution in [3.63, 3.8) is 0 Å². The molecule has 1 aromatic carbocycles. The summed E-state index contributed by atoms with van der Waals surface area (Å²) in [4.78, 5) is 10.2. The highest BCUT2D eigenvalue weighted by atomic mass is 16.4. The topological polar surface area (TPSA) is 75.3 Å². The Morgan fingerprint density at radius 3 is 2.67 bits per heavy atom. The lowest BCUT2D eigenvalue weighted by atomic mass is 10.1. The number of hydrogen-bond donors (Lipinski definition) is 3. The number of nitrogens with one attached hydrogen (secondary N) is 1. The van der Waals surface area contributed by atoms with Gasteiger partial charge in [-0.2, -0.15) is 0 Å². The van der Waals surface area contributed by atoms with Gasteiger partial charge in [-0.3, -0.25) is 0 Å². The molecule has 4 N–H and O–H groups in total. The molecule has 0 bridgehead atoms. The second-order valence-electron chi connectivity index (χ2n) is 3.47. The first kappa shape index (κ1) is 11.5. The number of carbonyl (C=O) groups is 1. The molecule has 1 atom stereocenters. The Kier molecular flexibility index (Phi) is 4.63. The molecule has 0 saturated heterocycles. The van der Waals surface area contributed by atoms with E-state index in [0.29, 0.717) is 6.54 Å². The van der Waals surface area contributed by atoms with Crippen LogP contribution in [0, 0.1) is 0 Å². The van der Waals surface area contributed by atoms with Crippen molar-refractivity contribution in [2.45, 2.75) is 18.9 Å². The Labute approximate surface area is 89.1 Å².